The number of pyridine rings is 1. The number of nitriles is 1. The topological polar surface area (TPSA) is 156 Å². The fraction of sp³-hybridized carbons (Fsp3) is 0.500. The van der Waals surface area contributed by atoms with Gasteiger partial charge in [-0.25, -0.2) is 0 Å². The number of hydrogen-bond donors (Lipinski definition) is 0. The van der Waals surface area contributed by atoms with Crippen LogP contribution >= 0.6 is 12.2 Å². The minimum atomic E-state index is -1.36. The molecule has 0 spiro atoms. The van der Waals surface area contributed by atoms with E-state index in [1.807, 2.05) is 0 Å². The lowest BCUT2D eigenvalue weighted by atomic mass is 9.88. The van der Waals surface area contributed by atoms with Gasteiger partial charge in [-0.05, 0) is 43.4 Å². The summed E-state index contributed by atoms with van der Waals surface area (Å²) in [5.41, 5.74) is 2.29. The van der Waals surface area contributed by atoms with Crippen molar-refractivity contribution < 1.29 is 47.3 Å². The molecule has 2 aliphatic rings. The zero-order chi connectivity index (χ0) is 29.8. The van der Waals surface area contributed by atoms with Crippen LogP contribution in [0.2, 0.25) is 0 Å². The first-order valence-electron chi connectivity index (χ1n) is 13.1. The SMILES string of the molecule is CC(=O)OC[C@H]1O[C@@H](n2c3c(c(-c4ccco4)c(C#N)c2=S)CCCC3)[C@@H](OC(C)=O)[C@@H](OC(C)=O)[C@H]1OC(C)=O. The summed E-state index contributed by atoms with van der Waals surface area (Å²) in [6.45, 7) is 4.30. The Morgan fingerprint density at radius 1 is 0.976 bits per heavy atom. The monoisotopic (exact) mass is 586 g/mol. The molecule has 0 amide bonds. The van der Waals surface area contributed by atoms with E-state index in [1.54, 1.807) is 16.7 Å². The lowest BCUT2D eigenvalue weighted by molar-refractivity contribution is -0.269. The fourth-order valence-corrected chi connectivity index (χ4v) is 5.77. The molecule has 1 aliphatic heterocycles. The Bertz CT molecular complexity index is 1440. The number of nitrogens with zero attached hydrogens (tertiary/aromatic N) is 2. The van der Waals surface area contributed by atoms with Crippen molar-refractivity contribution in [1.29, 1.82) is 5.26 Å². The second-order valence-corrected chi connectivity index (χ2v) is 10.1. The van der Waals surface area contributed by atoms with E-state index in [0.29, 0.717) is 24.2 Å². The van der Waals surface area contributed by atoms with E-state index < -0.39 is 54.5 Å². The summed E-state index contributed by atoms with van der Waals surface area (Å²) in [6, 6.07) is 5.66. The zero-order valence-electron chi connectivity index (χ0n) is 23.0. The molecule has 3 heterocycles. The summed E-state index contributed by atoms with van der Waals surface area (Å²) in [6.07, 6.45) is -2.10. The fourth-order valence-electron chi connectivity index (χ4n) is 5.40. The van der Waals surface area contributed by atoms with Gasteiger partial charge in [-0.15, -0.1) is 0 Å². The summed E-state index contributed by atoms with van der Waals surface area (Å²) in [5.74, 6) is -2.34. The largest absolute Gasteiger partial charge is 0.464 e. The van der Waals surface area contributed by atoms with E-state index in [4.69, 9.17) is 40.3 Å². The summed E-state index contributed by atoms with van der Waals surface area (Å²) < 4.78 is 35.7. The lowest BCUT2D eigenvalue weighted by Gasteiger charge is -2.46. The van der Waals surface area contributed by atoms with Crippen LogP contribution in [-0.4, -0.2) is 59.5 Å². The lowest BCUT2D eigenvalue weighted by Crippen LogP contribution is -2.61. The molecule has 13 heteroatoms. The third-order valence-electron chi connectivity index (χ3n) is 6.81. The third-order valence-corrected chi connectivity index (χ3v) is 7.21. The number of esters is 4. The smallest absolute Gasteiger partial charge is 0.303 e. The average Bonchev–Trinajstić information content (AvgIpc) is 3.43. The predicted octanol–water partition coefficient (Wildman–Crippen LogP) is 3.48. The van der Waals surface area contributed by atoms with E-state index in [9.17, 15) is 24.4 Å². The van der Waals surface area contributed by atoms with Crippen molar-refractivity contribution in [3.63, 3.8) is 0 Å². The van der Waals surface area contributed by atoms with Crippen molar-refractivity contribution in [3.8, 4) is 17.4 Å². The van der Waals surface area contributed by atoms with Crippen LogP contribution in [0.5, 0.6) is 0 Å². The summed E-state index contributed by atoms with van der Waals surface area (Å²) in [4.78, 5) is 48.4. The van der Waals surface area contributed by atoms with E-state index in [0.717, 1.165) is 37.9 Å². The highest BCUT2D eigenvalue weighted by atomic mass is 32.1. The molecule has 4 rings (SSSR count). The highest BCUT2D eigenvalue weighted by Crippen LogP contribution is 2.41. The van der Waals surface area contributed by atoms with Gasteiger partial charge in [0.2, 0.25) is 0 Å². The molecule has 2 aromatic heterocycles. The van der Waals surface area contributed by atoms with Crippen molar-refractivity contribution in [2.75, 3.05) is 6.61 Å². The average molecular weight is 587 g/mol. The second kappa shape index (κ2) is 12.7. The van der Waals surface area contributed by atoms with Gasteiger partial charge in [0.1, 0.15) is 29.2 Å². The Balaban J connectivity index is 1.98. The highest BCUT2D eigenvalue weighted by Gasteiger charge is 2.53. The third kappa shape index (κ3) is 6.34. The van der Waals surface area contributed by atoms with Gasteiger partial charge in [-0.1, -0.05) is 12.2 Å². The van der Waals surface area contributed by atoms with Gasteiger partial charge < -0.3 is 32.7 Å². The molecule has 1 fully saturated rings. The number of furan rings is 1. The summed E-state index contributed by atoms with van der Waals surface area (Å²) in [7, 11) is 0. The maximum absolute atomic E-state index is 12.4. The quantitative estimate of drug-likeness (QED) is 0.265. The van der Waals surface area contributed by atoms with Crippen LogP contribution in [0.4, 0.5) is 0 Å². The standard InChI is InChI=1S/C28H30N2O10S/c1-14(31)36-13-22-24(37-15(2)32)25(38-16(3)33)26(39-17(4)34)27(40-22)30-20-9-6-5-8-18(20)23(19(12-29)28(30)41)21-10-7-11-35-21/h7,10-11,22,24-27H,5-6,8-9,13H2,1-4H3/t22-,24+,25+,26+,27-/m1/s1. The van der Waals surface area contributed by atoms with Crippen LogP contribution in [0.15, 0.2) is 22.8 Å². The summed E-state index contributed by atoms with van der Waals surface area (Å²) in [5, 5.41) is 10.3. The molecule has 2 aromatic rings. The number of hydrogen-bond acceptors (Lipinski definition) is 12. The molecular weight excluding hydrogens is 556 g/mol. The molecule has 1 aliphatic carbocycles. The van der Waals surface area contributed by atoms with Gasteiger partial charge in [0.25, 0.3) is 0 Å². The van der Waals surface area contributed by atoms with Gasteiger partial charge in [0, 0.05) is 39.0 Å². The molecule has 0 bridgehead atoms. The first kappa shape index (κ1) is 30.0. The van der Waals surface area contributed by atoms with Crippen molar-refractivity contribution in [2.45, 2.75) is 84.0 Å². The first-order chi connectivity index (χ1) is 19.5. The zero-order valence-corrected chi connectivity index (χ0v) is 23.9. The molecule has 41 heavy (non-hydrogen) atoms. The van der Waals surface area contributed by atoms with E-state index in [-0.39, 0.29) is 16.8 Å². The molecule has 0 unspecified atom stereocenters. The minimum absolute atomic E-state index is 0.0837. The second-order valence-electron chi connectivity index (χ2n) is 9.74. The maximum Gasteiger partial charge on any atom is 0.303 e. The van der Waals surface area contributed by atoms with Gasteiger partial charge in [-0.3, -0.25) is 19.2 Å². The van der Waals surface area contributed by atoms with Crippen LogP contribution in [-0.2, 0) is 55.7 Å². The van der Waals surface area contributed by atoms with Crippen molar-refractivity contribution in [1.82, 2.24) is 4.57 Å². The Hall–Kier alpha value is -4.02. The van der Waals surface area contributed by atoms with Gasteiger partial charge >= 0.3 is 23.9 Å². The normalized spacial score (nSPS) is 23.4. The Labute approximate surface area is 241 Å². The molecule has 0 aromatic carbocycles. The van der Waals surface area contributed by atoms with Crippen LogP contribution < -0.4 is 0 Å². The number of carbonyl (C=O) groups is 4. The van der Waals surface area contributed by atoms with Crippen molar-refractivity contribution in [3.05, 3.63) is 39.9 Å². The Morgan fingerprint density at radius 2 is 1.61 bits per heavy atom. The predicted molar refractivity (Wildman–Crippen MR) is 142 cm³/mol. The molecule has 0 N–H and O–H groups in total. The molecular formula is C28H30N2O10S. The number of carbonyl (C=O) groups excluding carboxylic acids is 4. The Kier molecular flexibility index (Phi) is 9.25. The van der Waals surface area contributed by atoms with Gasteiger partial charge in [0.15, 0.2) is 24.5 Å². The molecule has 12 nitrogen and oxygen atoms in total. The highest BCUT2D eigenvalue weighted by molar-refractivity contribution is 7.71. The van der Waals surface area contributed by atoms with Crippen molar-refractivity contribution in [2.24, 2.45) is 0 Å². The van der Waals surface area contributed by atoms with E-state index in [1.165, 1.54) is 20.1 Å². The summed E-state index contributed by atoms with van der Waals surface area (Å²) >= 11 is 5.86. The van der Waals surface area contributed by atoms with Crippen LogP contribution in [0.1, 0.15) is 63.6 Å². The first-order valence-corrected chi connectivity index (χ1v) is 13.5. The number of rotatable bonds is 7. The van der Waals surface area contributed by atoms with Gasteiger partial charge in [0.05, 0.1) is 11.8 Å². The van der Waals surface area contributed by atoms with Gasteiger partial charge in [-0.2, -0.15) is 5.26 Å². The number of aromatic nitrogens is 1. The number of fused-ring (bicyclic) bond motifs is 1. The van der Waals surface area contributed by atoms with E-state index >= 15 is 0 Å². The van der Waals surface area contributed by atoms with Crippen LogP contribution in [0.25, 0.3) is 11.3 Å². The molecule has 218 valence electrons. The number of ether oxygens (including phenoxy) is 5. The van der Waals surface area contributed by atoms with Crippen LogP contribution in [0.3, 0.4) is 0 Å². The van der Waals surface area contributed by atoms with Crippen molar-refractivity contribution >= 4 is 36.1 Å². The molecule has 1 saturated heterocycles. The molecule has 5 atom stereocenters. The van der Waals surface area contributed by atoms with E-state index in [2.05, 4.69) is 6.07 Å². The maximum atomic E-state index is 12.4. The minimum Gasteiger partial charge on any atom is -0.464 e. The Morgan fingerprint density at radius 3 is 2.20 bits per heavy atom. The molecule has 0 saturated carbocycles. The molecule has 0 radical (unpaired) electrons. The van der Waals surface area contributed by atoms with Crippen LogP contribution in [0, 0.1) is 16.0 Å².